The molecule has 0 aliphatic carbocycles. The van der Waals surface area contributed by atoms with Gasteiger partial charge in [0.05, 0.1) is 134 Å². The minimum atomic E-state index is -3.55. The number of fused-ring (bicyclic) bond motifs is 5. The summed E-state index contributed by atoms with van der Waals surface area (Å²) in [7, 11) is -10.6. The summed E-state index contributed by atoms with van der Waals surface area (Å²) in [6.07, 6.45) is 5.34. The molecule has 0 saturated heterocycles. The summed E-state index contributed by atoms with van der Waals surface area (Å²) in [4.78, 5) is 68.1. The minimum absolute atomic E-state index is 0.145. The zero-order chi connectivity index (χ0) is 109. The number of urea groups is 1. The second-order valence-corrected chi connectivity index (χ2v) is 50.0. The van der Waals surface area contributed by atoms with Gasteiger partial charge < -0.3 is 65.0 Å². The van der Waals surface area contributed by atoms with Crippen LogP contribution in [0.2, 0.25) is 0 Å². The normalized spacial score (nSPS) is 12.0. The van der Waals surface area contributed by atoms with E-state index in [1.165, 1.54) is 46.9 Å². The number of sulfonamides is 5. The van der Waals surface area contributed by atoms with Gasteiger partial charge in [-0.1, -0.05) is 225 Å². The summed E-state index contributed by atoms with van der Waals surface area (Å²) in [5.74, 6) is -0.0530. The Kier molecular flexibility index (Phi) is 35.0. The smallest absolute Gasteiger partial charge is 0.323 e. The van der Waals surface area contributed by atoms with Crippen LogP contribution in [0.1, 0.15) is 173 Å². The predicted molar refractivity (Wildman–Crippen MR) is 599 cm³/mol. The van der Waals surface area contributed by atoms with Gasteiger partial charge in [0, 0.05) is 31.9 Å². The molecule has 0 unspecified atom stereocenters. The first kappa shape index (κ1) is 113. The van der Waals surface area contributed by atoms with E-state index in [0.717, 1.165) is 107 Å². The number of methoxy groups -OCH3 is 5. The van der Waals surface area contributed by atoms with Crippen molar-refractivity contribution in [3.8, 4) is 28.7 Å². The summed E-state index contributed by atoms with van der Waals surface area (Å²) in [5, 5.41) is 23.7. The number of aromatic nitrogens is 1. The van der Waals surface area contributed by atoms with Crippen LogP contribution < -0.4 is 79.2 Å². The van der Waals surface area contributed by atoms with Crippen LogP contribution in [0.15, 0.2) is 241 Å². The molecule has 784 valence electrons. The van der Waals surface area contributed by atoms with E-state index in [-0.39, 0.29) is 108 Å². The Bertz CT molecular complexity index is 7620. The van der Waals surface area contributed by atoms with Crippen LogP contribution >= 0.6 is 11.3 Å². The fourth-order valence-corrected chi connectivity index (χ4v) is 19.0. The molecule has 39 heteroatoms. The van der Waals surface area contributed by atoms with E-state index in [4.69, 9.17) is 28.1 Å². The van der Waals surface area contributed by atoms with E-state index in [2.05, 4.69) is 60.5 Å². The van der Waals surface area contributed by atoms with Gasteiger partial charge in [0.1, 0.15) is 11.3 Å². The topological polar surface area (TPSA) is 463 Å². The number of aromatic amines is 1. The number of hydrogen-bond acceptors (Lipinski definition) is 22. The number of carbonyl (C=O) groups excluding carboxylic acids is 5. The summed E-state index contributed by atoms with van der Waals surface area (Å²) < 4.78 is 165. The van der Waals surface area contributed by atoms with Crippen molar-refractivity contribution in [2.75, 3.05) is 122 Å². The molecule has 0 bridgehead atoms. The van der Waals surface area contributed by atoms with Gasteiger partial charge in [0.2, 0.25) is 50.1 Å². The number of carbonyl (C=O) groups is 5. The number of benzene rings is 12. The molecule has 3 aromatic heterocycles. The zero-order valence-electron chi connectivity index (χ0n) is 87.0. The number of H-pyrrole nitrogens is 1. The van der Waals surface area contributed by atoms with Crippen molar-refractivity contribution in [1.82, 2.24) is 4.98 Å². The number of amides is 6. The summed E-state index contributed by atoms with van der Waals surface area (Å²) >= 11 is 1.40. The highest BCUT2D eigenvalue weighted by Gasteiger charge is 2.31. The maximum Gasteiger partial charge on any atom is 0.323 e. The third kappa shape index (κ3) is 30.9. The molecule has 0 fully saturated rings. The van der Waals surface area contributed by atoms with Gasteiger partial charge in [0.25, 0.3) is 23.6 Å². The van der Waals surface area contributed by atoms with Crippen molar-refractivity contribution in [2.45, 2.75) is 131 Å². The molecule has 3 heterocycles. The SMILES string of the molecule is COc1c(NC(=O)Nc2cccc3ccccc23)cc(C(C)(C)C)cc1NS(C)(=O)=O.COc1c(NC(=O)c2cc3ccccc3[nH]2)cc(C(C)(C)C)cc1NS(C)(=O)=O.COc1c(NC(=O)c2cc3ccccc3o2)cc(C(C)(C)C)cc1NS(C)(=O)=O.COc1c(NC(=O)c2cc3ccccc3s2)cc(C(C)(C)C)cc1NS(C)(=O)=O.COc1c(NC(=O)c2ccc3ccccc3c2)cc(C(C)(C)C)cc1NS(C)(=O)=O. The van der Waals surface area contributed by atoms with E-state index in [1.807, 2.05) is 268 Å². The Hall–Kier alpha value is -14.9. The van der Waals surface area contributed by atoms with E-state index >= 15 is 0 Å². The number of anilines is 11. The van der Waals surface area contributed by atoms with Crippen molar-refractivity contribution in [2.24, 2.45) is 0 Å². The fraction of sp³-hybridized carbons (Fsp3) is 0.275. The highest BCUT2D eigenvalue weighted by molar-refractivity contribution is 7.93. The molecule has 0 atom stereocenters. The molecule has 12 aromatic carbocycles. The monoisotopic (exact) mass is 2130 g/mol. The molecule has 15 aromatic rings. The molecule has 0 aliphatic heterocycles. The van der Waals surface area contributed by atoms with E-state index in [9.17, 15) is 66.1 Å². The van der Waals surface area contributed by atoms with Crippen molar-refractivity contribution in [3.05, 3.63) is 286 Å². The summed E-state index contributed by atoms with van der Waals surface area (Å²) in [6, 6.07) is 71.7. The number of rotatable bonds is 25. The Morgan fingerprint density at radius 1 is 0.284 bits per heavy atom. The first-order chi connectivity index (χ1) is 68.9. The lowest BCUT2D eigenvalue weighted by Crippen LogP contribution is -2.22. The van der Waals surface area contributed by atoms with Gasteiger partial charge in [-0.05, 0) is 192 Å². The number of furan rings is 1. The molecule has 12 N–H and O–H groups in total. The Morgan fingerprint density at radius 2 is 0.608 bits per heavy atom. The third-order valence-electron chi connectivity index (χ3n) is 22.6. The lowest BCUT2D eigenvalue weighted by molar-refractivity contribution is 0.0994. The Labute approximate surface area is 868 Å². The first-order valence-electron chi connectivity index (χ1n) is 46.3. The minimum Gasteiger partial charge on any atom is -0.492 e. The Morgan fingerprint density at radius 3 is 1.00 bits per heavy atom. The second-order valence-electron chi connectivity index (χ2n) is 40.2. The molecule has 15 rings (SSSR count). The van der Waals surface area contributed by atoms with Crippen molar-refractivity contribution < 1.29 is 94.2 Å². The van der Waals surface area contributed by atoms with Crippen LogP contribution in [0.4, 0.5) is 67.4 Å². The van der Waals surface area contributed by atoms with Crippen LogP contribution in [-0.2, 0) is 77.2 Å². The number of hydrogen-bond donors (Lipinski definition) is 12. The van der Waals surface area contributed by atoms with Gasteiger partial charge in [-0.25, -0.2) is 46.9 Å². The molecular weight excluding hydrogens is 2010 g/mol. The highest BCUT2D eigenvalue weighted by Crippen LogP contribution is 2.46. The molecule has 0 aliphatic rings. The molecule has 33 nitrogen and oxygen atoms in total. The van der Waals surface area contributed by atoms with Crippen molar-refractivity contribution in [3.63, 3.8) is 0 Å². The van der Waals surface area contributed by atoms with Crippen LogP contribution in [0, 0.1) is 0 Å². The van der Waals surface area contributed by atoms with Gasteiger partial charge in [-0.15, -0.1) is 11.3 Å². The lowest BCUT2D eigenvalue weighted by atomic mass is 9.86. The van der Waals surface area contributed by atoms with Gasteiger partial charge >= 0.3 is 6.03 Å². The maximum atomic E-state index is 13.0. The largest absolute Gasteiger partial charge is 0.492 e. The third-order valence-corrected chi connectivity index (χ3v) is 26.7. The average molecular weight is 2130 g/mol. The number of para-hydroxylation sites is 2. The fourth-order valence-electron chi connectivity index (χ4n) is 15.3. The van der Waals surface area contributed by atoms with Crippen LogP contribution in [-0.4, -0.2) is 144 Å². The molecule has 0 saturated carbocycles. The van der Waals surface area contributed by atoms with Crippen LogP contribution in [0.25, 0.3) is 53.5 Å². The van der Waals surface area contributed by atoms with Crippen molar-refractivity contribution in [1.29, 1.82) is 0 Å². The summed E-state index contributed by atoms with van der Waals surface area (Å²) in [6.45, 7) is 30.0. The van der Waals surface area contributed by atoms with E-state index < -0.39 is 62.1 Å². The van der Waals surface area contributed by atoms with Gasteiger partial charge in [-0.3, -0.25) is 42.8 Å². The second kappa shape index (κ2) is 45.6. The van der Waals surface area contributed by atoms with Crippen LogP contribution in [0.5, 0.6) is 28.7 Å². The van der Waals surface area contributed by atoms with E-state index in [0.29, 0.717) is 55.8 Å². The zero-order valence-corrected chi connectivity index (χ0v) is 91.9. The Balaban J connectivity index is 0.000000176. The maximum absolute atomic E-state index is 13.0. The highest BCUT2D eigenvalue weighted by atomic mass is 32.2. The molecule has 148 heavy (non-hydrogen) atoms. The molecule has 0 spiro atoms. The van der Waals surface area contributed by atoms with Gasteiger partial charge in [0.15, 0.2) is 34.5 Å². The lowest BCUT2D eigenvalue weighted by Gasteiger charge is -2.24. The number of ether oxygens (including phenoxy) is 5. The molecule has 6 amide bonds. The predicted octanol–water partition coefficient (Wildman–Crippen LogP) is 23.2. The average Bonchev–Trinajstić information content (AvgIpc) is 0.823. The van der Waals surface area contributed by atoms with Crippen molar-refractivity contribution >= 4 is 207 Å². The van der Waals surface area contributed by atoms with E-state index in [1.54, 1.807) is 72.8 Å². The molecular formula is C109H126N12O21S6. The quantitative estimate of drug-likeness (QED) is 0.0253. The van der Waals surface area contributed by atoms with Crippen LogP contribution in [0.3, 0.4) is 0 Å². The summed E-state index contributed by atoms with van der Waals surface area (Å²) in [5.41, 5.74) is 9.07. The number of nitrogens with one attached hydrogen (secondary N) is 12. The first-order valence-corrected chi connectivity index (χ1v) is 56.5. The van der Waals surface area contributed by atoms with Gasteiger partial charge in [-0.2, -0.15) is 0 Å². The number of thiophene rings is 1. The molecule has 0 radical (unpaired) electrons. The standard InChI is InChI=1S/C23H27N3O4S.C23H26N2O4S.C21H25N3O4S.C21H24N2O5S.C21H24N2O4S2/c1-23(2,3)16-13-19(21(30-4)20(14-16)26-31(5,28)29)25-22(27)24-18-12-8-10-15-9-6-7-11-17(15)18;1-23(2,3)18-13-19(21(29-4)20(14-18)25-30(5,27)28)24-22(26)17-11-10-15-8-6-7-9-16(15)12-17;1-21(2,3)14-11-16(19(28-4)17(12-14)24-29(5,26)27)23-20(25)18-10-13-8-6-7-9-15(13)22-18;2*1-21(2,3)14-11-15(19(27-4)16(12-14)23-29(5,25)26)22-20(24)18-10-13-8-6-7-9-17(13)28-18/h6-14,26H,1-5H3,(H2,24,25,27);6-14,25H,1-5H3,(H,24,26);6-12,22,24H,1-5H3,(H,23,25);2*6-12,23H,1-5H3,(H,22,24).